The first-order valence-corrected chi connectivity index (χ1v) is 9.24. The van der Waals surface area contributed by atoms with Gasteiger partial charge in [-0.2, -0.15) is 0 Å². The number of fused-ring (bicyclic) bond motifs is 3. The van der Waals surface area contributed by atoms with Crippen molar-refractivity contribution in [2.24, 2.45) is 0 Å². The predicted molar refractivity (Wildman–Crippen MR) is 103 cm³/mol. The summed E-state index contributed by atoms with van der Waals surface area (Å²) in [6.07, 6.45) is 2.88. The lowest BCUT2D eigenvalue weighted by molar-refractivity contribution is 0.180. The normalized spacial score (nSPS) is 15.6. The molecule has 4 rings (SSSR count). The van der Waals surface area contributed by atoms with E-state index in [4.69, 9.17) is 0 Å². The molecule has 0 bridgehead atoms. The molecule has 4 nitrogen and oxygen atoms in total. The van der Waals surface area contributed by atoms with Crippen molar-refractivity contribution in [1.29, 1.82) is 0 Å². The van der Waals surface area contributed by atoms with Gasteiger partial charge >= 0.3 is 6.03 Å². The van der Waals surface area contributed by atoms with E-state index >= 15 is 0 Å². The first-order valence-electron chi connectivity index (χ1n) is 9.24. The Morgan fingerprint density at radius 1 is 1.11 bits per heavy atom. The molecule has 27 heavy (non-hydrogen) atoms. The molecule has 0 saturated carbocycles. The van der Waals surface area contributed by atoms with Crippen LogP contribution in [0.1, 0.15) is 36.2 Å². The number of benzene rings is 2. The highest BCUT2D eigenvalue weighted by molar-refractivity contribution is 5.76. The first-order chi connectivity index (χ1) is 13.2. The van der Waals surface area contributed by atoms with Crippen LogP contribution in [0.2, 0.25) is 0 Å². The van der Waals surface area contributed by atoms with Gasteiger partial charge in [0.1, 0.15) is 5.82 Å². The minimum absolute atomic E-state index is 0.115. The van der Waals surface area contributed by atoms with E-state index in [0.717, 1.165) is 28.9 Å². The Labute approximate surface area is 158 Å². The number of urea groups is 1. The van der Waals surface area contributed by atoms with Gasteiger partial charge < -0.3 is 14.8 Å². The molecule has 1 N–H and O–H groups in total. The topological polar surface area (TPSA) is 37.3 Å². The number of hydrogen-bond donors (Lipinski definition) is 1. The van der Waals surface area contributed by atoms with Crippen LogP contribution in [-0.4, -0.2) is 22.0 Å². The number of amides is 2. The minimum atomic E-state index is -0.301. The number of nitrogens with one attached hydrogen (secondary N) is 1. The van der Waals surface area contributed by atoms with E-state index in [1.54, 1.807) is 12.1 Å². The van der Waals surface area contributed by atoms with E-state index in [-0.39, 0.29) is 17.9 Å². The Balaban J connectivity index is 1.87. The summed E-state index contributed by atoms with van der Waals surface area (Å²) in [5.41, 5.74) is 4.01. The minimum Gasteiger partial charge on any atom is -0.338 e. The third-order valence-electron chi connectivity index (χ3n) is 4.94. The average molecular weight is 363 g/mol. The number of carbonyl (C=O) groups is 1. The quantitative estimate of drug-likeness (QED) is 0.723. The monoisotopic (exact) mass is 363 g/mol. The lowest BCUT2D eigenvalue weighted by Gasteiger charge is -2.31. The fraction of sp³-hybridized carbons (Fsp3) is 0.227. The summed E-state index contributed by atoms with van der Waals surface area (Å²) >= 11 is 0. The van der Waals surface area contributed by atoms with Crippen molar-refractivity contribution in [3.8, 4) is 5.69 Å². The zero-order valence-electron chi connectivity index (χ0n) is 15.2. The van der Waals surface area contributed by atoms with Gasteiger partial charge in [-0.1, -0.05) is 37.3 Å². The third kappa shape index (κ3) is 3.21. The highest BCUT2D eigenvalue weighted by atomic mass is 19.1. The van der Waals surface area contributed by atoms with E-state index in [0.29, 0.717) is 13.1 Å². The van der Waals surface area contributed by atoms with Gasteiger partial charge in [-0.3, -0.25) is 0 Å². The van der Waals surface area contributed by atoms with Crippen LogP contribution in [0.3, 0.4) is 0 Å². The fourth-order valence-electron chi connectivity index (χ4n) is 3.67. The van der Waals surface area contributed by atoms with Crippen LogP contribution in [-0.2, 0) is 6.54 Å². The van der Waals surface area contributed by atoms with Gasteiger partial charge in [0.25, 0.3) is 0 Å². The van der Waals surface area contributed by atoms with Crippen molar-refractivity contribution in [3.63, 3.8) is 0 Å². The predicted octanol–water partition coefficient (Wildman–Crippen LogP) is 4.64. The molecule has 0 fully saturated rings. The summed E-state index contributed by atoms with van der Waals surface area (Å²) in [6, 6.07) is 18.1. The van der Waals surface area contributed by atoms with Crippen molar-refractivity contribution in [1.82, 2.24) is 14.8 Å². The van der Waals surface area contributed by atoms with Crippen molar-refractivity contribution >= 4 is 6.03 Å². The number of nitrogens with zero attached hydrogens (tertiary/aromatic N) is 2. The van der Waals surface area contributed by atoms with E-state index < -0.39 is 0 Å². The number of aromatic nitrogens is 1. The maximum Gasteiger partial charge on any atom is 0.318 e. The van der Waals surface area contributed by atoms with Crippen LogP contribution in [0.4, 0.5) is 9.18 Å². The molecule has 138 valence electrons. The van der Waals surface area contributed by atoms with Gasteiger partial charge in [-0.25, -0.2) is 9.18 Å². The maximum atomic E-state index is 13.5. The molecule has 1 atom stereocenters. The van der Waals surface area contributed by atoms with E-state index in [1.165, 1.54) is 12.1 Å². The molecular weight excluding hydrogens is 341 g/mol. The highest BCUT2D eigenvalue weighted by Gasteiger charge is 2.32. The molecule has 1 aromatic heterocycles. The molecule has 5 heteroatoms. The zero-order valence-corrected chi connectivity index (χ0v) is 15.2. The molecular formula is C22H22FN3O. The molecule has 1 aliphatic heterocycles. The van der Waals surface area contributed by atoms with E-state index in [1.807, 2.05) is 48.4 Å². The van der Waals surface area contributed by atoms with Crippen LogP contribution in [0, 0.1) is 5.82 Å². The number of halogens is 1. The lowest BCUT2D eigenvalue weighted by atomic mass is 10.0. The smallest absolute Gasteiger partial charge is 0.318 e. The Hall–Kier alpha value is -3.08. The van der Waals surface area contributed by atoms with Gasteiger partial charge in [0.2, 0.25) is 0 Å². The summed E-state index contributed by atoms with van der Waals surface area (Å²) < 4.78 is 15.6. The van der Waals surface area contributed by atoms with Crippen molar-refractivity contribution in [2.45, 2.75) is 25.9 Å². The molecule has 0 spiro atoms. The Morgan fingerprint density at radius 3 is 2.67 bits per heavy atom. The Morgan fingerprint density at radius 2 is 1.89 bits per heavy atom. The summed E-state index contributed by atoms with van der Waals surface area (Å²) in [6.45, 7) is 3.13. The Bertz CT molecular complexity index is 948. The molecule has 3 aromatic rings. The lowest BCUT2D eigenvalue weighted by Crippen LogP contribution is -2.42. The van der Waals surface area contributed by atoms with Crippen LogP contribution in [0.5, 0.6) is 0 Å². The average Bonchev–Trinajstić information content (AvgIpc) is 3.11. The third-order valence-corrected chi connectivity index (χ3v) is 4.94. The van der Waals surface area contributed by atoms with E-state index in [9.17, 15) is 9.18 Å². The van der Waals surface area contributed by atoms with Crippen molar-refractivity contribution in [3.05, 3.63) is 89.5 Å². The summed E-state index contributed by atoms with van der Waals surface area (Å²) in [4.78, 5) is 14.9. The molecule has 2 heterocycles. The summed E-state index contributed by atoms with van der Waals surface area (Å²) in [5, 5.41) is 3.00. The largest absolute Gasteiger partial charge is 0.338 e. The van der Waals surface area contributed by atoms with Crippen molar-refractivity contribution in [2.75, 3.05) is 6.54 Å². The second-order valence-electron chi connectivity index (χ2n) is 6.75. The molecule has 1 aliphatic rings. The fourth-order valence-corrected chi connectivity index (χ4v) is 3.67. The van der Waals surface area contributed by atoms with Crippen LogP contribution >= 0.6 is 0 Å². The van der Waals surface area contributed by atoms with Crippen LogP contribution < -0.4 is 5.32 Å². The summed E-state index contributed by atoms with van der Waals surface area (Å²) in [7, 11) is 0. The molecule has 2 aromatic carbocycles. The second kappa shape index (κ2) is 7.27. The standard InChI is InChI=1S/C22H22FN3O/c1-2-13-24-22(27)26-15-17-6-3-4-7-19(17)25-14-5-8-20(25)21(26)16-9-11-18(23)12-10-16/h3-12,14,21H,2,13,15H2,1H3,(H,24,27)/t21-/m0/s1. The van der Waals surface area contributed by atoms with Gasteiger partial charge in [0.15, 0.2) is 0 Å². The van der Waals surface area contributed by atoms with Gasteiger partial charge in [0, 0.05) is 18.4 Å². The number of hydrogen-bond acceptors (Lipinski definition) is 1. The first kappa shape index (κ1) is 17.3. The highest BCUT2D eigenvalue weighted by Crippen LogP contribution is 2.36. The van der Waals surface area contributed by atoms with Gasteiger partial charge in [-0.05, 0) is 47.9 Å². The molecule has 0 radical (unpaired) electrons. The number of para-hydroxylation sites is 1. The number of rotatable bonds is 3. The van der Waals surface area contributed by atoms with Gasteiger partial charge in [0.05, 0.1) is 18.3 Å². The van der Waals surface area contributed by atoms with Crippen LogP contribution in [0.25, 0.3) is 5.69 Å². The summed E-state index contributed by atoms with van der Waals surface area (Å²) in [5.74, 6) is -0.284. The van der Waals surface area contributed by atoms with Crippen molar-refractivity contribution < 1.29 is 9.18 Å². The zero-order chi connectivity index (χ0) is 18.8. The number of carbonyl (C=O) groups excluding carboxylic acids is 1. The molecule has 0 aliphatic carbocycles. The second-order valence-corrected chi connectivity index (χ2v) is 6.75. The van der Waals surface area contributed by atoms with E-state index in [2.05, 4.69) is 16.0 Å². The molecule has 0 saturated heterocycles. The molecule has 2 amide bonds. The SMILES string of the molecule is CCCNC(=O)N1Cc2ccccc2-n2cccc2[C@@H]1c1ccc(F)cc1. The Kier molecular flexibility index (Phi) is 4.67. The molecule has 0 unspecified atom stereocenters. The van der Waals surface area contributed by atoms with Crippen LogP contribution in [0.15, 0.2) is 66.9 Å². The maximum absolute atomic E-state index is 13.5. The van der Waals surface area contributed by atoms with Gasteiger partial charge in [-0.15, -0.1) is 0 Å².